The zero-order valence-electron chi connectivity index (χ0n) is 14.2. The smallest absolute Gasteiger partial charge is 0.245 e. The molecule has 0 spiro atoms. The Kier molecular flexibility index (Phi) is 5.34. The van der Waals surface area contributed by atoms with Crippen LogP contribution >= 0.6 is 0 Å². The third-order valence-electron chi connectivity index (χ3n) is 4.05. The Labute approximate surface area is 148 Å². The van der Waals surface area contributed by atoms with E-state index in [9.17, 15) is 8.42 Å². The molecule has 0 bridgehead atoms. The second-order valence-electron chi connectivity index (χ2n) is 5.85. The second-order valence-corrected chi connectivity index (χ2v) is 7.74. The van der Waals surface area contributed by atoms with E-state index in [-0.39, 0.29) is 11.4 Å². The van der Waals surface area contributed by atoms with Crippen molar-refractivity contribution in [3.05, 3.63) is 71.8 Å². The van der Waals surface area contributed by atoms with Crippen LogP contribution in [-0.4, -0.2) is 38.9 Å². The van der Waals surface area contributed by atoms with Crippen LogP contribution in [0.5, 0.6) is 0 Å². The van der Waals surface area contributed by atoms with Crippen molar-refractivity contribution < 1.29 is 17.9 Å². The van der Waals surface area contributed by atoms with E-state index < -0.39 is 22.5 Å². The zero-order chi connectivity index (χ0) is 17.9. The largest absolute Gasteiger partial charge is 0.354 e. The molecule has 0 amide bonds. The molecule has 25 heavy (non-hydrogen) atoms. The van der Waals surface area contributed by atoms with Crippen molar-refractivity contribution in [3.63, 3.8) is 0 Å². The molecular formula is C19H21NO4S. The van der Waals surface area contributed by atoms with Gasteiger partial charge in [-0.05, 0) is 30.7 Å². The van der Waals surface area contributed by atoms with Gasteiger partial charge in [0.2, 0.25) is 10.0 Å². The van der Waals surface area contributed by atoms with Gasteiger partial charge in [0.1, 0.15) is 6.23 Å². The highest BCUT2D eigenvalue weighted by Gasteiger charge is 2.40. The SMILES string of the molecule is COC1CN(S(=O)(=O)c2ccc(C)cc2)C(/C=C\c2ccccc2)O1. The average molecular weight is 359 g/mol. The number of aryl methyl sites for hydroxylation is 1. The van der Waals surface area contributed by atoms with E-state index in [2.05, 4.69) is 0 Å². The third kappa shape index (κ3) is 3.99. The molecule has 1 fully saturated rings. The average Bonchev–Trinajstić information content (AvgIpc) is 3.05. The third-order valence-corrected chi connectivity index (χ3v) is 5.89. The van der Waals surface area contributed by atoms with Gasteiger partial charge in [-0.15, -0.1) is 0 Å². The van der Waals surface area contributed by atoms with Crippen LogP contribution < -0.4 is 0 Å². The summed E-state index contributed by atoms with van der Waals surface area (Å²) in [7, 11) is -2.17. The van der Waals surface area contributed by atoms with Gasteiger partial charge in [-0.2, -0.15) is 4.31 Å². The minimum atomic E-state index is -3.67. The highest BCUT2D eigenvalue weighted by atomic mass is 32.2. The van der Waals surface area contributed by atoms with Gasteiger partial charge in [-0.25, -0.2) is 8.42 Å². The number of benzene rings is 2. The first-order valence-corrected chi connectivity index (χ1v) is 9.45. The second kappa shape index (κ2) is 7.49. The summed E-state index contributed by atoms with van der Waals surface area (Å²) < 4.78 is 38.2. The summed E-state index contributed by atoms with van der Waals surface area (Å²) in [6, 6.07) is 16.5. The maximum atomic E-state index is 13.0. The summed E-state index contributed by atoms with van der Waals surface area (Å²) in [6.45, 7) is 2.07. The van der Waals surface area contributed by atoms with Crippen molar-refractivity contribution in [1.29, 1.82) is 0 Å². The molecule has 5 nitrogen and oxygen atoms in total. The fourth-order valence-electron chi connectivity index (χ4n) is 2.63. The lowest BCUT2D eigenvalue weighted by Gasteiger charge is -2.19. The first-order chi connectivity index (χ1) is 12.0. The monoisotopic (exact) mass is 359 g/mol. The summed E-state index contributed by atoms with van der Waals surface area (Å²) in [4.78, 5) is 0.247. The van der Waals surface area contributed by atoms with E-state index in [1.165, 1.54) is 11.4 Å². The van der Waals surface area contributed by atoms with Crippen molar-refractivity contribution in [2.24, 2.45) is 0 Å². The van der Waals surface area contributed by atoms with Gasteiger partial charge in [0.15, 0.2) is 6.29 Å². The molecule has 6 heteroatoms. The molecular weight excluding hydrogens is 338 g/mol. The van der Waals surface area contributed by atoms with E-state index in [0.717, 1.165) is 11.1 Å². The van der Waals surface area contributed by atoms with E-state index in [4.69, 9.17) is 9.47 Å². The van der Waals surface area contributed by atoms with Crippen LogP contribution in [0.1, 0.15) is 11.1 Å². The fraction of sp³-hybridized carbons (Fsp3) is 0.263. The van der Waals surface area contributed by atoms with Crippen molar-refractivity contribution in [2.75, 3.05) is 13.7 Å². The summed E-state index contributed by atoms with van der Waals surface area (Å²) in [5.74, 6) is 0. The number of sulfonamides is 1. The van der Waals surface area contributed by atoms with Crippen LogP contribution in [0.2, 0.25) is 0 Å². The summed E-state index contributed by atoms with van der Waals surface area (Å²) >= 11 is 0. The highest BCUT2D eigenvalue weighted by molar-refractivity contribution is 7.89. The number of hydrogen-bond acceptors (Lipinski definition) is 4. The summed E-state index contributed by atoms with van der Waals surface area (Å²) in [5, 5.41) is 0. The molecule has 3 rings (SSSR count). The van der Waals surface area contributed by atoms with E-state index in [0.29, 0.717) is 0 Å². The van der Waals surface area contributed by atoms with Crippen molar-refractivity contribution in [3.8, 4) is 0 Å². The van der Waals surface area contributed by atoms with Gasteiger partial charge in [0, 0.05) is 7.11 Å². The standard InChI is InChI=1S/C19H21NO4S/c1-15-8-11-17(12-9-15)25(21,22)20-14-19(23-2)24-18(20)13-10-16-6-4-3-5-7-16/h3-13,18-19H,14H2,1-2H3/b13-10-. The van der Waals surface area contributed by atoms with Gasteiger partial charge in [0.05, 0.1) is 11.4 Å². The predicted molar refractivity (Wildman–Crippen MR) is 96.2 cm³/mol. The van der Waals surface area contributed by atoms with Gasteiger partial charge in [-0.1, -0.05) is 54.1 Å². The molecule has 1 aliphatic heterocycles. The molecule has 1 saturated heterocycles. The highest BCUT2D eigenvalue weighted by Crippen LogP contribution is 2.27. The van der Waals surface area contributed by atoms with Crippen molar-refractivity contribution in [1.82, 2.24) is 4.31 Å². The van der Waals surface area contributed by atoms with E-state index in [1.807, 2.05) is 43.3 Å². The number of rotatable bonds is 5. The maximum Gasteiger partial charge on any atom is 0.245 e. The van der Waals surface area contributed by atoms with Gasteiger partial charge < -0.3 is 9.47 Å². The Balaban J connectivity index is 1.88. The minimum absolute atomic E-state index is 0.149. The lowest BCUT2D eigenvalue weighted by Crippen LogP contribution is -2.35. The molecule has 132 valence electrons. The van der Waals surface area contributed by atoms with Crippen LogP contribution in [0.3, 0.4) is 0 Å². The lowest BCUT2D eigenvalue weighted by molar-refractivity contribution is -0.100. The normalized spacial score (nSPS) is 21.8. The summed E-state index contributed by atoms with van der Waals surface area (Å²) in [5.41, 5.74) is 1.98. The Morgan fingerprint density at radius 1 is 1.12 bits per heavy atom. The van der Waals surface area contributed by atoms with Gasteiger partial charge in [-0.3, -0.25) is 0 Å². The Hall–Kier alpha value is -1.99. The quantitative estimate of drug-likeness (QED) is 0.823. The van der Waals surface area contributed by atoms with Gasteiger partial charge >= 0.3 is 0 Å². The van der Waals surface area contributed by atoms with Crippen molar-refractivity contribution >= 4 is 16.1 Å². The molecule has 2 atom stereocenters. The maximum absolute atomic E-state index is 13.0. The number of nitrogens with zero attached hydrogens (tertiary/aromatic N) is 1. The lowest BCUT2D eigenvalue weighted by atomic mass is 10.2. The molecule has 0 N–H and O–H groups in total. The molecule has 0 aromatic heterocycles. The van der Waals surface area contributed by atoms with Crippen LogP contribution in [0.25, 0.3) is 6.08 Å². The first-order valence-electron chi connectivity index (χ1n) is 8.01. The topological polar surface area (TPSA) is 55.8 Å². The van der Waals surface area contributed by atoms with E-state index in [1.54, 1.807) is 30.3 Å². The minimum Gasteiger partial charge on any atom is -0.354 e. The number of methoxy groups -OCH3 is 1. The molecule has 0 radical (unpaired) electrons. The summed E-state index contributed by atoms with van der Waals surface area (Å²) in [6.07, 6.45) is 2.28. The van der Waals surface area contributed by atoms with Crippen LogP contribution in [-0.2, 0) is 19.5 Å². The zero-order valence-corrected chi connectivity index (χ0v) is 15.0. The molecule has 0 saturated carbocycles. The van der Waals surface area contributed by atoms with Crippen molar-refractivity contribution in [2.45, 2.75) is 24.3 Å². The Bertz CT molecular complexity index is 831. The Morgan fingerprint density at radius 2 is 1.80 bits per heavy atom. The molecule has 2 aromatic carbocycles. The predicted octanol–water partition coefficient (Wildman–Crippen LogP) is 3.03. The fourth-order valence-corrected chi connectivity index (χ4v) is 4.09. The molecule has 0 aliphatic carbocycles. The number of hydrogen-bond donors (Lipinski definition) is 0. The van der Waals surface area contributed by atoms with Crippen LogP contribution in [0, 0.1) is 6.92 Å². The Morgan fingerprint density at radius 3 is 2.44 bits per heavy atom. The first kappa shape index (κ1) is 17.8. The molecule has 1 aliphatic rings. The van der Waals surface area contributed by atoms with Crippen LogP contribution in [0.15, 0.2) is 65.6 Å². The molecule has 2 aromatic rings. The van der Waals surface area contributed by atoms with Crippen LogP contribution in [0.4, 0.5) is 0 Å². The van der Waals surface area contributed by atoms with Gasteiger partial charge in [0.25, 0.3) is 0 Å². The van der Waals surface area contributed by atoms with E-state index >= 15 is 0 Å². The molecule has 2 unspecified atom stereocenters. The molecule has 1 heterocycles. The number of ether oxygens (including phenoxy) is 2.